The molecule has 0 saturated carbocycles. The summed E-state index contributed by atoms with van der Waals surface area (Å²) in [4.78, 5) is 22.0. The van der Waals surface area contributed by atoms with E-state index < -0.39 is 23.7 Å². The Labute approximate surface area is 186 Å². The highest BCUT2D eigenvalue weighted by atomic mass is 19.4. The van der Waals surface area contributed by atoms with Crippen molar-refractivity contribution in [2.24, 2.45) is 0 Å². The molecule has 1 aliphatic rings. The maximum absolute atomic E-state index is 12.6. The van der Waals surface area contributed by atoms with Crippen LogP contribution in [0.1, 0.15) is 29.5 Å². The lowest BCUT2D eigenvalue weighted by molar-refractivity contribution is -0.149. The molecule has 0 aliphatic carbocycles. The number of halogens is 3. The molecule has 3 aromatic rings. The van der Waals surface area contributed by atoms with Gasteiger partial charge in [0.15, 0.2) is 0 Å². The number of hydrogen-bond acceptors (Lipinski definition) is 7. The SMILES string of the molecule is Cc1[nH]ncc1-c1cnn(C2(CC#N)CN(c3cnc(C(=O)N[C@@H](C)C(F)(F)F)cn3)C2)c1. The van der Waals surface area contributed by atoms with Crippen LogP contribution in [-0.2, 0) is 5.54 Å². The van der Waals surface area contributed by atoms with Crippen LogP contribution in [0.15, 0.2) is 31.0 Å². The van der Waals surface area contributed by atoms with Crippen LogP contribution in [0, 0.1) is 18.3 Å². The van der Waals surface area contributed by atoms with Crippen LogP contribution in [0.5, 0.6) is 0 Å². The zero-order valence-electron chi connectivity index (χ0n) is 17.8. The lowest BCUT2D eigenvalue weighted by atomic mass is 9.87. The normalized spacial score (nSPS) is 16.1. The smallest absolute Gasteiger partial charge is 0.350 e. The van der Waals surface area contributed by atoms with E-state index in [0.717, 1.165) is 29.9 Å². The fourth-order valence-electron chi connectivity index (χ4n) is 3.63. The molecular weight excluding hydrogens is 439 g/mol. The molecule has 1 amide bonds. The Kier molecular flexibility index (Phi) is 5.52. The Morgan fingerprint density at radius 2 is 2.06 bits per heavy atom. The maximum Gasteiger partial charge on any atom is 0.408 e. The van der Waals surface area contributed by atoms with E-state index in [-0.39, 0.29) is 12.1 Å². The van der Waals surface area contributed by atoms with Crippen LogP contribution in [0.2, 0.25) is 0 Å². The van der Waals surface area contributed by atoms with E-state index >= 15 is 0 Å². The number of alkyl halides is 3. The van der Waals surface area contributed by atoms with Gasteiger partial charge >= 0.3 is 6.18 Å². The second-order valence-corrected chi connectivity index (χ2v) is 7.99. The minimum Gasteiger partial charge on any atom is -0.350 e. The highest BCUT2D eigenvalue weighted by Gasteiger charge is 2.46. The molecular formula is C20H20F3N9O. The summed E-state index contributed by atoms with van der Waals surface area (Å²) in [7, 11) is 0. The molecule has 13 heteroatoms. The van der Waals surface area contributed by atoms with Gasteiger partial charge in [-0.05, 0) is 13.8 Å². The zero-order chi connectivity index (χ0) is 23.8. The first-order chi connectivity index (χ1) is 15.6. The molecule has 4 heterocycles. The average Bonchev–Trinajstić information content (AvgIpc) is 3.39. The number of amides is 1. The lowest BCUT2D eigenvalue weighted by Crippen LogP contribution is -2.63. The summed E-state index contributed by atoms with van der Waals surface area (Å²) in [6.07, 6.45) is 3.43. The van der Waals surface area contributed by atoms with Gasteiger partial charge in [0.2, 0.25) is 0 Å². The van der Waals surface area contributed by atoms with E-state index in [9.17, 15) is 23.2 Å². The van der Waals surface area contributed by atoms with Crippen molar-refractivity contribution < 1.29 is 18.0 Å². The molecule has 2 N–H and O–H groups in total. The number of aryl methyl sites for hydroxylation is 1. The quantitative estimate of drug-likeness (QED) is 0.578. The van der Waals surface area contributed by atoms with E-state index in [2.05, 4.69) is 31.3 Å². The predicted octanol–water partition coefficient (Wildman–Crippen LogP) is 2.18. The number of anilines is 1. The van der Waals surface area contributed by atoms with Gasteiger partial charge in [-0.3, -0.25) is 14.6 Å². The van der Waals surface area contributed by atoms with Crippen LogP contribution < -0.4 is 10.2 Å². The summed E-state index contributed by atoms with van der Waals surface area (Å²) in [5.41, 5.74) is 1.92. The third-order valence-electron chi connectivity index (χ3n) is 5.62. The minimum absolute atomic E-state index is 0.217. The molecule has 1 fully saturated rings. The summed E-state index contributed by atoms with van der Waals surface area (Å²) in [5.74, 6) is -0.512. The first-order valence-electron chi connectivity index (χ1n) is 10.00. The lowest BCUT2D eigenvalue weighted by Gasteiger charge is -2.49. The van der Waals surface area contributed by atoms with Crippen LogP contribution in [0.4, 0.5) is 19.0 Å². The molecule has 3 aromatic heterocycles. The van der Waals surface area contributed by atoms with Crippen molar-refractivity contribution in [3.05, 3.63) is 42.4 Å². The molecule has 172 valence electrons. The van der Waals surface area contributed by atoms with Crippen molar-refractivity contribution in [3.8, 4) is 17.2 Å². The Balaban J connectivity index is 1.45. The number of hydrogen-bond donors (Lipinski definition) is 2. The number of nitrogens with zero attached hydrogens (tertiary/aromatic N) is 7. The fraction of sp³-hybridized carbons (Fsp3) is 0.400. The fourth-order valence-corrected chi connectivity index (χ4v) is 3.63. The molecule has 0 spiro atoms. The third kappa shape index (κ3) is 4.23. The number of aromatic amines is 1. The minimum atomic E-state index is -4.55. The molecule has 1 aliphatic heterocycles. The molecule has 0 aromatic carbocycles. The summed E-state index contributed by atoms with van der Waals surface area (Å²) >= 11 is 0. The maximum atomic E-state index is 12.6. The van der Waals surface area contributed by atoms with Crippen LogP contribution in [0.3, 0.4) is 0 Å². The standard InChI is InChI=1S/C20H20F3N9O/c1-12-15(6-27-30-12)14-5-28-32(9-14)19(3-4-24)10-31(11-19)17-8-25-16(7-26-17)18(33)29-13(2)20(21,22)23/h5-9,13H,3,10-11H2,1-2H3,(H,27,30)(H,29,33)/t13-/m0/s1. The van der Waals surface area contributed by atoms with Crippen LogP contribution in [0.25, 0.3) is 11.1 Å². The van der Waals surface area contributed by atoms with Crippen molar-refractivity contribution in [1.29, 1.82) is 5.26 Å². The van der Waals surface area contributed by atoms with Crippen molar-refractivity contribution in [1.82, 2.24) is 35.3 Å². The summed E-state index contributed by atoms with van der Waals surface area (Å²) in [6, 6.07) is 0.202. The molecule has 1 saturated heterocycles. The Hall–Kier alpha value is -3.95. The number of carbonyl (C=O) groups is 1. The van der Waals surface area contributed by atoms with E-state index in [1.165, 1.54) is 6.20 Å². The topological polar surface area (TPSA) is 128 Å². The number of aromatic nitrogens is 6. The Bertz CT molecular complexity index is 1190. The van der Waals surface area contributed by atoms with Gasteiger partial charge in [-0.25, -0.2) is 9.97 Å². The van der Waals surface area contributed by atoms with Gasteiger partial charge in [0.25, 0.3) is 5.91 Å². The van der Waals surface area contributed by atoms with Gasteiger partial charge in [-0.15, -0.1) is 0 Å². The van der Waals surface area contributed by atoms with Crippen LogP contribution >= 0.6 is 0 Å². The molecule has 10 nitrogen and oxygen atoms in total. The van der Waals surface area contributed by atoms with E-state index in [1.807, 2.05) is 23.3 Å². The number of carbonyl (C=O) groups excluding carboxylic acids is 1. The first kappa shape index (κ1) is 22.3. The predicted molar refractivity (Wildman–Crippen MR) is 110 cm³/mol. The molecule has 0 bridgehead atoms. The average molecular weight is 459 g/mol. The van der Waals surface area contributed by atoms with Gasteiger partial charge in [-0.1, -0.05) is 0 Å². The number of nitriles is 1. The second kappa shape index (κ2) is 8.19. The number of H-pyrrole nitrogens is 1. The van der Waals surface area contributed by atoms with Crippen molar-refractivity contribution in [2.45, 2.75) is 38.0 Å². The van der Waals surface area contributed by atoms with Crippen molar-refractivity contribution >= 4 is 11.7 Å². The van der Waals surface area contributed by atoms with Gasteiger partial charge in [0.05, 0.1) is 37.3 Å². The highest BCUT2D eigenvalue weighted by Crippen LogP contribution is 2.36. The van der Waals surface area contributed by atoms with Crippen molar-refractivity contribution in [3.63, 3.8) is 0 Å². The van der Waals surface area contributed by atoms with Crippen molar-refractivity contribution in [2.75, 3.05) is 18.0 Å². The zero-order valence-corrected chi connectivity index (χ0v) is 17.8. The summed E-state index contributed by atoms with van der Waals surface area (Å²) in [5, 5.41) is 22.6. The van der Waals surface area contributed by atoms with E-state index in [0.29, 0.717) is 18.9 Å². The van der Waals surface area contributed by atoms with Gasteiger partial charge in [0, 0.05) is 36.1 Å². The Morgan fingerprint density at radius 1 is 1.30 bits per heavy atom. The van der Waals surface area contributed by atoms with Gasteiger partial charge in [-0.2, -0.15) is 28.6 Å². The summed E-state index contributed by atoms with van der Waals surface area (Å²) in [6.45, 7) is 3.61. The monoisotopic (exact) mass is 459 g/mol. The van der Waals surface area contributed by atoms with E-state index in [1.54, 1.807) is 17.1 Å². The second-order valence-electron chi connectivity index (χ2n) is 7.99. The van der Waals surface area contributed by atoms with E-state index in [4.69, 9.17) is 0 Å². The van der Waals surface area contributed by atoms with Gasteiger partial charge in [0.1, 0.15) is 23.1 Å². The van der Waals surface area contributed by atoms with Crippen LogP contribution in [-0.4, -0.2) is 61.2 Å². The molecule has 0 unspecified atom stereocenters. The molecule has 4 rings (SSSR count). The molecule has 1 atom stereocenters. The molecule has 33 heavy (non-hydrogen) atoms. The molecule has 0 radical (unpaired) electrons. The summed E-state index contributed by atoms with van der Waals surface area (Å²) < 4.78 is 39.7. The Morgan fingerprint density at radius 3 is 2.64 bits per heavy atom. The highest BCUT2D eigenvalue weighted by molar-refractivity contribution is 5.92. The van der Waals surface area contributed by atoms with Gasteiger partial charge < -0.3 is 10.2 Å². The number of nitrogens with one attached hydrogen (secondary N) is 2. The first-order valence-corrected chi connectivity index (χ1v) is 10.00. The number of rotatable bonds is 6. The largest absolute Gasteiger partial charge is 0.408 e. The third-order valence-corrected chi connectivity index (χ3v) is 5.62.